The van der Waals surface area contributed by atoms with E-state index in [0.29, 0.717) is 27.3 Å². The first-order chi connectivity index (χ1) is 16.4. The number of nitrogens with one attached hydrogen (secondary N) is 1. The Morgan fingerprint density at radius 2 is 1.38 bits per heavy atom. The van der Waals surface area contributed by atoms with E-state index < -0.39 is 0 Å². The molecule has 34 heavy (non-hydrogen) atoms. The number of halogens is 2. The van der Waals surface area contributed by atoms with Gasteiger partial charge in [0.15, 0.2) is 5.78 Å². The molecule has 3 N–H and O–H groups in total. The fourth-order valence-electron chi connectivity index (χ4n) is 4.07. The second-order valence-corrected chi connectivity index (χ2v) is 8.69. The Morgan fingerprint density at radius 3 is 2.12 bits per heavy atom. The molecule has 5 aromatic rings. The van der Waals surface area contributed by atoms with Crippen LogP contribution in [0.2, 0.25) is 10.0 Å². The molecule has 0 spiro atoms. The molecule has 0 saturated carbocycles. The van der Waals surface area contributed by atoms with E-state index in [0.717, 1.165) is 10.8 Å². The molecule has 1 heterocycles. The van der Waals surface area contributed by atoms with Gasteiger partial charge in [-0.25, -0.2) is 0 Å². The third kappa shape index (κ3) is 3.87. The molecule has 0 atom stereocenters. The first-order valence-electron chi connectivity index (χ1n) is 10.5. The highest BCUT2D eigenvalue weighted by molar-refractivity contribution is 6.42. The molecule has 0 bridgehead atoms. The monoisotopic (exact) mass is 484 g/mol. The molecule has 6 heteroatoms. The minimum absolute atomic E-state index is 0.110. The Balaban J connectivity index is 1.75. The van der Waals surface area contributed by atoms with Crippen LogP contribution in [-0.2, 0) is 0 Å². The molecule has 0 radical (unpaired) electrons. The minimum atomic E-state index is -0.359. The van der Waals surface area contributed by atoms with Crippen LogP contribution in [-0.4, -0.2) is 16.6 Å². The average Bonchev–Trinajstić information content (AvgIpc) is 3.21. The normalized spacial score (nSPS) is 11.0. The predicted octanol–water partition coefficient (Wildman–Crippen LogP) is 7.19. The predicted molar refractivity (Wildman–Crippen MR) is 138 cm³/mol. The molecule has 0 aliphatic rings. The summed E-state index contributed by atoms with van der Waals surface area (Å²) in [6.07, 6.45) is 0. The number of H-pyrrole nitrogens is 1. The lowest BCUT2D eigenvalue weighted by Crippen LogP contribution is -2.07. The van der Waals surface area contributed by atoms with Crippen LogP contribution in [0.25, 0.3) is 21.9 Å². The summed E-state index contributed by atoms with van der Waals surface area (Å²) >= 11 is 12.2. The van der Waals surface area contributed by atoms with Gasteiger partial charge in [0.2, 0.25) is 5.78 Å². The van der Waals surface area contributed by atoms with Crippen molar-refractivity contribution in [1.82, 2.24) is 4.98 Å². The van der Waals surface area contributed by atoms with Gasteiger partial charge in [-0.2, -0.15) is 0 Å². The zero-order valence-electron chi connectivity index (χ0n) is 17.8. The van der Waals surface area contributed by atoms with Crippen LogP contribution in [0.4, 0.5) is 5.82 Å². The minimum Gasteiger partial charge on any atom is -0.385 e. The molecule has 5 rings (SSSR count). The first-order valence-corrected chi connectivity index (χ1v) is 11.3. The number of nitrogen functional groups attached to an aromatic ring is 1. The number of aromatic amines is 1. The lowest BCUT2D eigenvalue weighted by molar-refractivity contribution is 0.103. The maximum Gasteiger partial charge on any atom is 0.209 e. The molecule has 0 unspecified atom stereocenters. The molecule has 0 saturated heterocycles. The second-order valence-electron chi connectivity index (χ2n) is 7.88. The van der Waals surface area contributed by atoms with Crippen molar-refractivity contribution >= 4 is 51.4 Å². The van der Waals surface area contributed by atoms with Crippen LogP contribution in [0.1, 0.15) is 32.0 Å². The fourth-order valence-corrected chi connectivity index (χ4v) is 4.37. The van der Waals surface area contributed by atoms with E-state index in [4.69, 9.17) is 28.9 Å². The van der Waals surface area contributed by atoms with Crippen molar-refractivity contribution in [3.63, 3.8) is 0 Å². The van der Waals surface area contributed by atoms with Crippen molar-refractivity contribution in [2.75, 3.05) is 5.73 Å². The van der Waals surface area contributed by atoms with Crippen LogP contribution in [0, 0.1) is 0 Å². The number of anilines is 1. The summed E-state index contributed by atoms with van der Waals surface area (Å²) in [5, 5.41) is 2.62. The molecular formula is C28H18Cl2N2O2. The van der Waals surface area contributed by atoms with Gasteiger partial charge < -0.3 is 10.7 Å². The van der Waals surface area contributed by atoms with Gasteiger partial charge in [-0.05, 0) is 40.6 Å². The molecule has 166 valence electrons. The number of carbonyl (C=O) groups is 2. The summed E-state index contributed by atoms with van der Waals surface area (Å²) in [6.45, 7) is 0. The number of hydrogen-bond donors (Lipinski definition) is 2. The van der Waals surface area contributed by atoms with E-state index in [1.54, 1.807) is 36.4 Å². The lowest BCUT2D eigenvalue weighted by atomic mass is 9.92. The smallest absolute Gasteiger partial charge is 0.209 e. The van der Waals surface area contributed by atoms with Gasteiger partial charge >= 0.3 is 0 Å². The Hall–Kier alpha value is -3.86. The highest BCUT2D eigenvalue weighted by atomic mass is 35.5. The summed E-state index contributed by atoms with van der Waals surface area (Å²) < 4.78 is 0. The van der Waals surface area contributed by atoms with E-state index in [1.807, 2.05) is 48.5 Å². The fraction of sp³-hybridized carbons (Fsp3) is 0. The molecule has 4 aromatic carbocycles. The highest BCUT2D eigenvalue weighted by Gasteiger charge is 2.28. The van der Waals surface area contributed by atoms with E-state index in [-0.39, 0.29) is 33.7 Å². The SMILES string of the molecule is Nc1[nH]c(C(=O)c2ccccc2)c(-c2ccc3ccccc3c2)c1C(=O)c1ccc(Cl)c(Cl)c1. The number of aromatic nitrogens is 1. The third-order valence-electron chi connectivity index (χ3n) is 5.74. The quantitative estimate of drug-likeness (QED) is 0.259. The zero-order valence-corrected chi connectivity index (χ0v) is 19.3. The maximum absolute atomic E-state index is 13.6. The number of nitrogens with two attached hydrogens (primary N) is 1. The van der Waals surface area contributed by atoms with Crippen molar-refractivity contribution in [3.05, 3.63) is 123 Å². The van der Waals surface area contributed by atoms with E-state index in [9.17, 15) is 9.59 Å². The van der Waals surface area contributed by atoms with Crippen molar-refractivity contribution in [1.29, 1.82) is 0 Å². The summed E-state index contributed by atoms with van der Waals surface area (Å²) in [5.74, 6) is -0.509. The van der Waals surface area contributed by atoms with Crippen LogP contribution in [0.5, 0.6) is 0 Å². The van der Waals surface area contributed by atoms with Crippen molar-refractivity contribution < 1.29 is 9.59 Å². The number of fused-ring (bicyclic) bond motifs is 1. The Morgan fingerprint density at radius 1 is 0.676 bits per heavy atom. The Labute approximate surface area is 205 Å². The molecule has 0 fully saturated rings. The van der Waals surface area contributed by atoms with Gasteiger partial charge in [0.05, 0.1) is 21.3 Å². The maximum atomic E-state index is 13.6. The van der Waals surface area contributed by atoms with Crippen LogP contribution in [0.15, 0.2) is 91.0 Å². The van der Waals surface area contributed by atoms with Crippen molar-refractivity contribution in [2.24, 2.45) is 0 Å². The summed E-state index contributed by atoms with van der Waals surface area (Å²) in [6, 6.07) is 27.2. The summed E-state index contributed by atoms with van der Waals surface area (Å²) in [7, 11) is 0. The standard InChI is InChI=1S/C28H18Cl2N2O2/c29-21-13-12-20(15-22(21)30)26(33)24-23(19-11-10-16-6-4-5-9-18(16)14-19)25(32-28(24)31)27(34)17-7-2-1-3-8-17/h1-15,32H,31H2. The van der Waals surface area contributed by atoms with Crippen LogP contribution >= 0.6 is 23.2 Å². The van der Waals surface area contributed by atoms with E-state index >= 15 is 0 Å². The van der Waals surface area contributed by atoms with Gasteiger partial charge in [0, 0.05) is 16.7 Å². The van der Waals surface area contributed by atoms with Crippen molar-refractivity contribution in [3.8, 4) is 11.1 Å². The highest BCUT2D eigenvalue weighted by Crippen LogP contribution is 2.37. The molecule has 0 aliphatic carbocycles. The molecule has 0 amide bonds. The zero-order chi connectivity index (χ0) is 23.8. The summed E-state index contributed by atoms with van der Waals surface area (Å²) in [5.41, 5.74) is 8.76. The molecule has 1 aromatic heterocycles. The Kier molecular flexibility index (Phi) is 5.70. The summed E-state index contributed by atoms with van der Waals surface area (Å²) in [4.78, 5) is 30.1. The number of carbonyl (C=O) groups excluding carboxylic acids is 2. The van der Waals surface area contributed by atoms with Crippen LogP contribution in [0.3, 0.4) is 0 Å². The van der Waals surface area contributed by atoms with E-state index in [2.05, 4.69) is 4.98 Å². The largest absolute Gasteiger partial charge is 0.385 e. The number of hydrogen-bond acceptors (Lipinski definition) is 3. The van der Waals surface area contributed by atoms with Gasteiger partial charge in [-0.1, -0.05) is 89.9 Å². The van der Waals surface area contributed by atoms with Gasteiger partial charge in [0.1, 0.15) is 5.82 Å². The van der Waals surface area contributed by atoms with Gasteiger partial charge in [0.25, 0.3) is 0 Å². The average molecular weight is 485 g/mol. The van der Waals surface area contributed by atoms with E-state index in [1.165, 1.54) is 6.07 Å². The van der Waals surface area contributed by atoms with Gasteiger partial charge in [-0.3, -0.25) is 9.59 Å². The lowest BCUT2D eigenvalue weighted by Gasteiger charge is -2.10. The molecule has 0 aliphatic heterocycles. The second kappa shape index (κ2) is 8.82. The van der Waals surface area contributed by atoms with Crippen LogP contribution < -0.4 is 5.73 Å². The number of benzene rings is 4. The number of ketones is 2. The third-order valence-corrected chi connectivity index (χ3v) is 6.48. The first kappa shape index (κ1) is 22.0. The van der Waals surface area contributed by atoms with Crippen molar-refractivity contribution in [2.45, 2.75) is 0 Å². The van der Waals surface area contributed by atoms with Gasteiger partial charge in [-0.15, -0.1) is 0 Å². The molecule has 4 nitrogen and oxygen atoms in total. The topological polar surface area (TPSA) is 76.0 Å². The Bertz CT molecular complexity index is 1570. The molecular weight excluding hydrogens is 467 g/mol. The number of rotatable bonds is 5.